The molecule has 3 heterocycles. The van der Waals surface area contributed by atoms with Crippen molar-refractivity contribution in [1.82, 2.24) is 0 Å². The zero-order valence-electron chi connectivity index (χ0n) is 16.5. The molecule has 0 bridgehead atoms. The highest BCUT2D eigenvalue weighted by atomic mass is 16.5. The zero-order valence-corrected chi connectivity index (χ0v) is 16.5. The van der Waals surface area contributed by atoms with E-state index in [4.69, 9.17) is 9.15 Å². The van der Waals surface area contributed by atoms with Gasteiger partial charge in [-0.15, -0.1) is 0 Å². The van der Waals surface area contributed by atoms with Crippen molar-refractivity contribution in [3.63, 3.8) is 0 Å². The molecule has 0 amide bonds. The van der Waals surface area contributed by atoms with Crippen molar-refractivity contribution in [1.29, 1.82) is 5.26 Å². The Balaban J connectivity index is 1.96. The van der Waals surface area contributed by atoms with Gasteiger partial charge in [0.25, 0.3) is 5.69 Å². The number of nitriles is 1. The molecule has 0 atom stereocenters. The zero-order chi connectivity index (χ0) is 19.6. The van der Waals surface area contributed by atoms with E-state index in [1.54, 1.807) is 6.26 Å². The minimum atomic E-state index is -0.502. The van der Waals surface area contributed by atoms with Crippen LogP contribution in [-0.4, -0.2) is 0 Å². The van der Waals surface area contributed by atoms with E-state index in [9.17, 15) is 5.26 Å². The molecule has 0 saturated carbocycles. The first kappa shape index (κ1) is 16.8. The van der Waals surface area contributed by atoms with Crippen LogP contribution in [0, 0.1) is 23.7 Å². The Kier molecular flexibility index (Phi) is 3.36. The van der Waals surface area contributed by atoms with Crippen LogP contribution in [0.25, 0.3) is 33.1 Å². The SMILES string of the molecule is Cc1ccc2occ3c2c1-c1c(c(CC(C)(C)C#N)c2ccccc2[n+]1C)O3. The Morgan fingerprint density at radius 3 is 2.71 bits per heavy atom. The first-order chi connectivity index (χ1) is 13.4. The molecule has 0 radical (unpaired) electrons. The van der Waals surface area contributed by atoms with E-state index < -0.39 is 5.41 Å². The second-order valence-electron chi connectivity index (χ2n) is 8.24. The molecule has 2 aromatic carbocycles. The van der Waals surface area contributed by atoms with Crippen LogP contribution in [0.15, 0.2) is 47.1 Å². The van der Waals surface area contributed by atoms with Crippen LogP contribution in [-0.2, 0) is 13.5 Å². The van der Waals surface area contributed by atoms with Crippen molar-refractivity contribution in [2.24, 2.45) is 12.5 Å². The lowest BCUT2D eigenvalue weighted by Crippen LogP contribution is -2.34. The molecule has 0 N–H and O–H groups in total. The first-order valence-corrected chi connectivity index (χ1v) is 9.45. The predicted octanol–water partition coefficient (Wildman–Crippen LogP) is 5.58. The second-order valence-corrected chi connectivity index (χ2v) is 8.24. The molecule has 1 aliphatic heterocycles. The van der Waals surface area contributed by atoms with Gasteiger partial charge in [-0.1, -0.05) is 18.2 Å². The average Bonchev–Trinajstić information content (AvgIpc) is 3.11. The van der Waals surface area contributed by atoms with Gasteiger partial charge in [-0.25, -0.2) is 0 Å². The van der Waals surface area contributed by atoms with Crippen molar-refractivity contribution in [3.05, 3.63) is 53.8 Å². The Labute approximate surface area is 163 Å². The van der Waals surface area contributed by atoms with E-state index in [2.05, 4.69) is 42.8 Å². The number of fused-ring (bicyclic) bond motifs is 3. The van der Waals surface area contributed by atoms with Gasteiger partial charge in [-0.2, -0.15) is 9.83 Å². The Morgan fingerprint density at radius 2 is 1.93 bits per heavy atom. The lowest BCUT2D eigenvalue weighted by Gasteiger charge is -2.23. The topological polar surface area (TPSA) is 50.0 Å². The van der Waals surface area contributed by atoms with Crippen LogP contribution in [0.1, 0.15) is 25.0 Å². The van der Waals surface area contributed by atoms with Crippen molar-refractivity contribution >= 4 is 21.9 Å². The number of para-hydroxylation sites is 1. The molecule has 0 unspecified atom stereocenters. The van der Waals surface area contributed by atoms with Crippen molar-refractivity contribution in [3.8, 4) is 28.8 Å². The lowest BCUT2D eigenvalue weighted by molar-refractivity contribution is -0.633. The molecule has 4 heteroatoms. The molecular weight excluding hydrogens is 348 g/mol. The Bertz CT molecular complexity index is 1320. The molecule has 0 fully saturated rings. The summed E-state index contributed by atoms with van der Waals surface area (Å²) in [4.78, 5) is 0. The fourth-order valence-electron chi connectivity index (χ4n) is 4.30. The first-order valence-electron chi connectivity index (χ1n) is 9.45. The molecule has 4 nitrogen and oxygen atoms in total. The quantitative estimate of drug-likeness (QED) is 0.381. The Hall–Kier alpha value is -3.32. The normalized spacial score (nSPS) is 12.7. The van der Waals surface area contributed by atoms with E-state index in [-0.39, 0.29) is 0 Å². The second kappa shape index (κ2) is 5.59. The van der Waals surface area contributed by atoms with Crippen LogP contribution in [0.5, 0.6) is 11.5 Å². The number of benzene rings is 2. The maximum absolute atomic E-state index is 9.67. The van der Waals surface area contributed by atoms with Crippen LogP contribution in [0.3, 0.4) is 0 Å². The van der Waals surface area contributed by atoms with E-state index in [0.717, 1.165) is 50.2 Å². The highest BCUT2D eigenvalue weighted by Crippen LogP contribution is 2.50. The third-order valence-electron chi connectivity index (χ3n) is 5.70. The third kappa shape index (κ3) is 2.20. The number of aryl methyl sites for hydroxylation is 2. The predicted molar refractivity (Wildman–Crippen MR) is 108 cm³/mol. The number of pyridine rings is 1. The number of hydrogen-bond acceptors (Lipinski definition) is 3. The molecule has 138 valence electrons. The highest BCUT2D eigenvalue weighted by molar-refractivity contribution is 6.03. The average molecular weight is 369 g/mol. The summed E-state index contributed by atoms with van der Waals surface area (Å²) in [5, 5.41) is 11.8. The number of ether oxygens (including phenoxy) is 1. The molecule has 4 aromatic rings. The summed E-state index contributed by atoms with van der Waals surface area (Å²) in [6.07, 6.45) is 2.29. The molecule has 2 aromatic heterocycles. The summed E-state index contributed by atoms with van der Waals surface area (Å²) < 4.78 is 14.4. The molecule has 0 spiro atoms. The number of furan rings is 1. The van der Waals surface area contributed by atoms with Crippen LogP contribution in [0.4, 0.5) is 0 Å². The van der Waals surface area contributed by atoms with E-state index in [0.29, 0.717) is 6.42 Å². The standard InChI is InChI=1S/C24H21N2O2/c1-14-9-10-18-21-19(12-27-18)28-23-16(11-24(2,3)13-25)15-7-5-6-8-17(15)26(4)22(23)20(14)21/h5-10,12H,11H2,1-4H3/q+1. The largest absolute Gasteiger partial charge is 0.460 e. The van der Waals surface area contributed by atoms with Crippen LogP contribution >= 0.6 is 0 Å². The number of rotatable bonds is 2. The van der Waals surface area contributed by atoms with Gasteiger partial charge in [0.2, 0.25) is 11.3 Å². The van der Waals surface area contributed by atoms with Gasteiger partial charge in [-0.3, -0.25) is 0 Å². The van der Waals surface area contributed by atoms with E-state index >= 15 is 0 Å². The van der Waals surface area contributed by atoms with E-state index in [1.165, 1.54) is 5.56 Å². The van der Waals surface area contributed by atoms with Gasteiger partial charge in [0.1, 0.15) is 18.9 Å². The fraction of sp³-hybridized carbons (Fsp3) is 0.250. The van der Waals surface area contributed by atoms with Gasteiger partial charge in [0, 0.05) is 11.6 Å². The monoisotopic (exact) mass is 369 g/mol. The minimum absolute atomic E-state index is 0.502. The summed E-state index contributed by atoms with van der Waals surface area (Å²) in [6, 6.07) is 14.8. The van der Waals surface area contributed by atoms with Crippen LogP contribution in [0.2, 0.25) is 0 Å². The third-order valence-corrected chi connectivity index (χ3v) is 5.70. The summed E-state index contributed by atoms with van der Waals surface area (Å²) in [6.45, 7) is 6.06. The fourth-order valence-corrected chi connectivity index (χ4v) is 4.30. The summed E-state index contributed by atoms with van der Waals surface area (Å²) in [5.41, 5.74) is 5.88. The molecular formula is C24H21N2O2+. The molecule has 0 aliphatic carbocycles. The Morgan fingerprint density at radius 1 is 1.14 bits per heavy atom. The number of hydrogen-bond donors (Lipinski definition) is 0. The van der Waals surface area contributed by atoms with Gasteiger partial charge in [0.15, 0.2) is 5.75 Å². The maximum Gasteiger partial charge on any atom is 0.257 e. The van der Waals surface area contributed by atoms with Crippen molar-refractivity contribution < 1.29 is 13.7 Å². The van der Waals surface area contributed by atoms with Gasteiger partial charge >= 0.3 is 0 Å². The minimum Gasteiger partial charge on any atom is -0.460 e. The molecule has 5 rings (SSSR count). The maximum atomic E-state index is 9.67. The van der Waals surface area contributed by atoms with E-state index in [1.807, 2.05) is 32.0 Å². The summed E-state index contributed by atoms with van der Waals surface area (Å²) in [5.74, 6) is 1.57. The summed E-state index contributed by atoms with van der Waals surface area (Å²) >= 11 is 0. The lowest BCUT2D eigenvalue weighted by atomic mass is 9.84. The van der Waals surface area contributed by atoms with Gasteiger partial charge in [-0.05, 0) is 44.9 Å². The number of aromatic nitrogens is 1. The van der Waals surface area contributed by atoms with Crippen molar-refractivity contribution in [2.75, 3.05) is 0 Å². The smallest absolute Gasteiger partial charge is 0.257 e. The number of nitrogens with zero attached hydrogens (tertiary/aromatic N) is 2. The summed E-state index contributed by atoms with van der Waals surface area (Å²) in [7, 11) is 2.08. The highest BCUT2D eigenvalue weighted by Gasteiger charge is 2.36. The van der Waals surface area contributed by atoms with Gasteiger partial charge in [0.05, 0.1) is 27.8 Å². The van der Waals surface area contributed by atoms with Crippen molar-refractivity contribution in [2.45, 2.75) is 27.2 Å². The molecule has 0 saturated heterocycles. The molecule has 28 heavy (non-hydrogen) atoms. The van der Waals surface area contributed by atoms with Crippen LogP contribution < -0.4 is 9.30 Å². The van der Waals surface area contributed by atoms with Gasteiger partial charge < -0.3 is 9.15 Å². The molecule has 1 aliphatic rings.